The Bertz CT molecular complexity index is 352. The summed E-state index contributed by atoms with van der Waals surface area (Å²) in [6.45, 7) is 0. The molecule has 13 heavy (non-hydrogen) atoms. The van der Waals surface area contributed by atoms with Gasteiger partial charge in [-0.25, -0.2) is 4.39 Å². The molecule has 0 atom stereocenters. The number of nitrogen functional groups attached to an aromatic ring is 1. The number of hydrogen-bond acceptors (Lipinski definition) is 1. The number of nitrogens with two attached hydrogens (primary N) is 1. The predicted molar refractivity (Wildman–Crippen MR) is 56.1 cm³/mol. The lowest BCUT2D eigenvalue weighted by molar-refractivity contribution is 0.632. The Balaban J connectivity index is 2.81. The molecule has 0 bridgehead atoms. The number of rotatable bonds is 1. The van der Waals surface area contributed by atoms with Gasteiger partial charge in [0, 0.05) is 17.3 Å². The van der Waals surface area contributed by atoms with Gasteiger partial charge >= 0.3 is 0 Å². The smallest absolute Gasteiger partial charge is 0.146 e. The van der Waals surface area contributed by atoms with E-state index < -0.39 is 5.82 Å². The molecule has 0 aliphatic rings. The predicted octanol–water partition coefficient (Wildman–Crippen LogP) is 2.54. The Kier molecular flexibility index (Phi) is 3.78. The van der Waals surface area contributed by atoms with Crippen LogP contribution in [0.2, 0.25) is 0 Å². The summed E-state index contributed by atoms with van der Waals surface area (Å²) in [4.78, 5) is 0. The molecule has 1 aromatic rings. The van der Waals surface area contributed by atoms with Crippen LogP contribution < -0.4 is 5.73 Å². The van der Waals surface area contributed by atoms with Crippen LogP contribution in [-0.4, -0.2) is 5.33 Å². The first-order valence-electron chi connectivity index (χ1n) is 3.84. The van der Waals surface area contributed by atoms with Gasteiger partial charge < -0.3 is 5.73 Å². The number of hydrogen-bond donors (Lipinski definition) is 1. The molecule has 1 nitrogen and oxygen atoms in total. The zero-order valence-electron chi connectivity index (χ0n) is 6.98. The molecule has 0 aromatic heterocycles. The molecule has 0 saturated carbocycles. The van der Waals surface area contributed by atoms with Crippen molar-refractivity contribution in [1.82, 2.24) is 0 Å². The van der Waals surface area contributed by atoms with E-state index in [1.54, 1.807) is 6.07 Å². The summed E-state index contributed by atoms with van der Waals surface area (Å²) >= 11 is 3.26. The van der Waals surface area contributed by atoms with Crippen LogP contribution in [0.3, 0.4) is 0 Å². The van der Waals surface area contributed by atoms with Crippen LogP contribution in [0.4, 0.5) is 10.1 Å². The minimum absolute atomic E-state index is 0.144. The van der Waals surface area contributed by atoms with E-state index in [-0.39, 0.29) is 5.69 Å². The molecule has 1 rings (SSSR count). The van der Waals surface area contributed by atoms with Gasteiger partial charge in [0.05, 0.1) is 5.69 Å². The van der Waals surface area contributed by atoms with E-state index in [0.29, 0.717) is 0 Å². The Morgan fingerprint density at radius 3 is 2.85 bits per heavy atom. The molecule has 1 aromatic carbocycles. The fourth-order valence-corrected chi connectivity index (χ4v) is 1.03. The molecule has 0 aliphatic heterocycles. The first-order chi connectivity index (χ1) is 6.24. The zero-order chi connectivity index (χ0) is 9.68. The summed E-state index contributed by atoms with van der Waals surface area (Å²) in [5.74, 6) is 5.41. The highest BCUT2D eigenvalue weighted by molar-refractivity contribution is 9.09. The highest BCUT2D eigenvalue weighted by Gasteiger charge is 1.96. The summed E-state index contributed by atoms with van der Waals surface area (Å²) in [5.41, 5.74) is 6.27. The van der Waals surface area contributed by atoms with Gasteiger partial charge in [0.2, 0.25) is 0 Å². The molecule has 2 N–H and O–H groups in total. The lowest BCUT2D eigenvalue weighted by atomic mass is 10.2. The van der Waals surface area contributed by atoms with Gasteiger partial charge in [-0.05, 0) is 18.2 Å². The standard InChI is InChI=1S/C10H9BrFN/c11-6-2-1-3-8-4-5-9(12)10(13)7-8/h4-5,7H,2,6,13H2. The SMILES string of the molecule is Nc1cc(C#CCCBr)ccc1F. The van der Waals surface area contributed by atoms with E-state index >= 15 is 0 Å². The van der Waals surface area contributed by atoms with Gasteiger partial charge in [0.25, 0.3) is 0 Å². The van der Waals surface area contributed by atoms with E-state index in [1.807, 2.05) is 0 Å². The van der Waals surface area contributed by atoms with Crippen LogP contribution >= 0.6 is 15.9 Å². The second-order valence-corrected chi connectivity index (χ2v) is 3.27. The average molecular weight is 242 g/mol. The third kappa shape index (κ3) is 3.08. The monoisotopic (exact) mass is 241 g/mol. The van der Waals surface area contributed by atoms with Crippen molar-refractivity contribution >= 4 is 21.6 Å². The van der Waals surface area contributed by atoms with Crippen molar-refractivity contribution in [1.29, 1.82) is 0 Å². The van der Waals surface area contributed by atoms with Crippen molar-refractivity contribution in [3.63, 3.8) is 0 Å². The van der Waals surface area contributed by atoms with Crippen LogP contribution in [0.5, 0.6) is 0 Å². The van der Waals surface area contributed by atoms with E-state index in [9.17, 15) is 4.39 Å². The molecule has 0 amide bonds. The van der Waals surface area contributed by atoms with Gasteiger partial charge in [-0.3, -0.25) is 0 Å². The maximum absolute atomic E-state index is 12.7. The molecule has 0 unspecified atom stereocenters. The molecule has 68 valence electrons. The molecule has 0 heterocycles. The minimum Gasteiger partial charge on any atom is -0.396 e. The van der Waals surface area contributed by atoms with E-state index in [2.05, 4.69) is 27.8 Å². The van der Waals surface area contributed by atoms with Crippen LogP contribution in [0.15, 0.2) is 18.2 Å². The highest BCUT2D eigenvalue weighted by Crippen LogP contribution is 2.10. The zero-order valence-corrected chi connectivity index (χ0v) is 8.57. The number of anilines is 1. The summed E-state index contributed by atoms with van der Waals surface area (Å²) < 4.78 is 12.7. The fourth-order valence-electron chi connectivity index (χ4n) is 0.833. The van der Waals surface area contributed by atoms with Crippen molar-refractivity contribution in [2.75, 3.05) is 11.1 Å². The van der Waals surface area contributed by atoms with E-state index in [0.717, 1.165) is 17.3 Å². The third-order valence-electron chi connectivity index (χ3n) is 1.45. The van der Waals surface area contributed by atoms with Gasteiger partial charge in [0.15, 0.2) is 0 Å². The van der Waals surface area contributed by atoms with Crippen molar-refractivity contribution in [3.05, 3.63) is 29.6 Å². The molecule has 0 radical (unpaired) electrons. The maximum Gasteiger partial charge on any atom is 0.146 e. The van der Waals surface area contributed by atoms with E-state index in [4.69, 9.17) is 5.73 Å². The van der Waals surface area contributed by atoms with Gasteiger partial charge in [-0.2, -0.15) is 0 Å². The van der Waals surface area contributed by atoms with E-state index in [1.165, 1.54) is 12.1 Å². The summed E-state index contributed by atoms with van der Waals surface area (Å²) in [5, 5.41) is 0.844. The molecule has 0 fully saturated rings. The maximum atomic E-state index is 12.7. The van der Waals surface area contributed by atoms with Crippen molar-refractivity contribution < 1.29 is 4.39 Å². The topological polar surface area (TPSA) is 26.0 Å². The normalized spacial score (nSPS) is 9.08. The van der Waals surface area contributed by atoms with Gasteiger partial charge in [-0.15, -0.1) is 0 Å². The van der Waals surface area contributed by atoms with Crippen LogP contribution in [-0.2, 0) is 0 Å². The van der Waals surface area contributed by atoms with Crippen molar-refractivity contribution in [2.24, 2.45) is 0 Å². The first-order valence-corrected chi connectivity index (χ1v) is 4.96. The number of benzene rings is 1. The fraction of sp³-hybridized carbons (Fsp3) is 0.200. The highest BCUT2D eigenvalue weighted by atomic mass is 79.9. The number of alkyl halides is 1. The number of halogens is 2. The summed E-state index contributed by atoms with van der Waals surface area (Å²) in [7, 11) is 0. The first kappa shape index (κ1) is 10.1. The van der Waals surface area contributed by atoms with Crippen LogP contribution in [0.25, 0.3) is 0 Å². The van der Waals surface area contributed by atoms with Crippen LogP contribution in [0.1, 0.15) is 12.0 Å². The van der Waals surface area contributed by atoms with Gasteiger partial charge in [0.1, 0.15) is 5.82 Å². The lowest BCUT2D eigenvalue weighted by Gasteiger charge is -1.95. The summed E-state index contributed by atoms with van der Waals surface area (Å²) in [6.07, 6.45) is 0.775. The second-order valence-electron chi connectivity index (χ2n) is 2.48. The second kappa shape index (κ2) is 4.88. The minimum atomic E-state index is -0.397. The Morgan fingerprint density at radius 2 is 2.23 bits per heavy atom. The van der Waals surface area contributed by atoms with Gasteiger partial charge in [-0.1, -0.05) is 27.8 Å². The third-order valence-corrected chi connectivity index (χ3v) is 1.84. The molecule has 0 saturated heterocycles. The largest absolute Gasteiger partial charge is 0.396 e. The molecular weight excluding hydrogens is 233 g/mol. The Hall–Kier alpha value is -1.01. The Morgan fingerprint density at radius 1 is 1.46 bits per heavy atom. The quantitative estimate of drug-likeness (QED) is 0.457. The summed E-state index contributed by atoms with van der Waals surface area (Å²) in [6, 6.07) is 4.48. The van der Waals surface area contributed by atoms with Crippen molar-refractivity contribution in [2.45, 2.75) is 6.42 Å². The average Bonchev–Trinajstić information content (AvgIpc) is 2.12. The molecule has 3 heteroatoms. The van der Waals surface area contributed by atoms with Crippen LogP contribution in [0, 0.1) is 17.7 Å². The Labute approximate surface area is 85.3 Å². The molecule has 0 spiro atoms. The molecule has 0 aliphatic carbocycles. The van der Waals surface area contributed by atoms with Crippen molar-refractivity contribution in [3.8, 4) is 11.8 Å². The molecular formula is C10H9BrFN. The lowest BCUT2D eigenvalue weighted by Crippen LogP contribution is -1.90.